The Balaban J connectivity index is 1.20. The highest BCUT2D eigenvalue weighted by molar-refractivity contribution is 6.01. The van der Waals surface area contributed by atoms with Gasteiger partial charge in [-0.2, -0.15) is 0 Å². The summed E-state index contributed by atoms with van der Waals surface area (Å²) >= 11 is 0. The molecule has 5 rings (SSSR count). The van der Waals surface area contributed by atoms with Crippen molar-refractivity contribution in [2.75, 3.05) is 18.1 Å². The van der Waals surface area contributed by atoms with E-state index in [9.17, 15) is 14.4 Å². The molecule has 39 heavy (non-hydrogen) atoms. The fourth-order valence-electron chi connectivity index (χ4n) is 4.60. The van der Waals surface area contributed by atoms with Gasteiger partial charge in [-0.1, -0.05) is 60.7 Å². The monoisotopic (exact) mass is 519 g/mol. The maximum atomic E-state index is 12.7. The number of ether oxygens (including phenoxy) is 2. The van der Waals surface area contributed by atoms with E-state index in [0.29, 0.717) is 17.0 Å². The van der Waals surface area contributed by atoms with Crippen LogP contribution in [0.25, 0.3) is 11.1 Å². The molecule has 196 valence electrons. The number of amides is 1. The van der Waals surface area contributed by atoms with Gasteiger partial charge in [0.25, 0.3) is 0 Å². The summed E-state index contributed by atoms with van der Waals surface area (Å²) in [4.78, 5) is 39.4. The first-order valence-corrected chi connectivity index (χ1v) is 12.9. The van der Waals surface area contributed by atoms with Crippen LogP contribution in [-0.4, -0.2) is 30.8 Å². The van der Waals surface area contributed by atoms with Crippen LogP contribution in [0.5, 0.6) is 11.5 Å². The number of carbonyl (C=O) groups excluding carboxylic acids is 3. The van der Waals surface area contributed by atoms with Crippen molar-refractivity contribution < 1.29 is 23.9 Å². The quantitative estimate of drug-likeness (QED) is 0.195. The molecule has 4 aromatic carbocycles. The van der Waals surface area contributed by atoms with Crippen LogP contribution < -0.4 is 9.64 Å². The Kier molecular flexibility index (Phi) is 7.55. The lowest BCUT2D eigenvalue weighted by atomic mass is 10.0. The van der Waals surface area contributed by atoms with Crippen LogP contribution in [0.3, 0.4) is 0 Å². The number of ketones is 1. The zero-order valence-corrected chi connectivity index (χ0v) is 21.9. The first-order valence-electron chi connectivity index (χ1n) is 12.9. The number of rotatable bonds is 8. The van der Waals surface area contributed by atoms with E-state index in [1.165, 1.54) is 0 Å². The summed E-state index contributed by atoms with van der Waals surface area (Å²) < 4.78 is 11.5. The van der Waals surface area contributed by atoms with E-state index in [1.54, 1.807) is 41.3 Å². The number of para-hydroxylation sites is 1. The number of hydrogen-bond acceptors (Lipinski definition) is 5. The molecule has 0 bridgehead atoms. The molecule has 1 fully saturated rings. The van der Waals surface area contributed by atoms with Crippen LogP contribution in [0, 0.1) is 19.8 Å². The van der Waals surface area contributed by atoms with Crippen molar-refractivity contribution in [3.8, 4) is 22.6 Å². The predicted molar refractivity (Wildman–Crippen MR) is 150 cm³/mol. The number of hydrogen-bond donors (Lipinski definition) is 0. The maximum Gasteiger partial charge on any atom is 0.311 e. The van der Waals surface area contributed by atoms with Crippen LogP contribution in [0.4, 0.5) is 5.69 Å². The Morgan fingerprint density at radius 3 is 2.31 bits per heavy atom. The van der Waals surface area contributed by atoms with Gasteiger partial charge in [0.05, 0.1) is 5.92 Å². The molecule has 1 amide bonds. The van der Waals surface area contributed by atoms with E-state index in [0.717, 1.165) is 28.0 Å². The molecule has 1 atom stereocenters. The van der Waals surface area contributed by atoms with Crippen molar-refractivity contribution in [2.24, 2.45) is 5.92 Å². The molecule has 1 aliphatic rings. The highest BCUT2D eigenvalue weighted by Gasteiger charge is 2.36. The van der Waals surface area contributed by atoms with Gasteiger partial charge >= 0.3 is 5.97 Å². The molecule has 1 saturated heterocycles. The third-order valence-corrected chi connectivity index (χ3v) is 6.98. The second-order valence-electron chi connectivity index (χ2n) is 9.69. The molecule has 0 saturated carbocycles. The van der Waals surface area contributed by atoms with Gasteiger partial charge in [0, 0.05) is 29.8 Å². The molecule has 0 unspecified atom stereocenters. The lowest BCUT2D eigenvalue weighted by molar-refractivity contribution is -0.147. The third-order valence-electron chi connectivity index (χ3n) is 6.98. The Morgan fingerprint density at radius 2 is 1.56 bits per heavy atom. The molecule has 0 aromatic heterocycles. The van der Waals surface area contributed by atoms with E-state index in [4.69, 9.17) is 9.47 Å². The normalized spacial score (nSPS) is 14.8. The zero-order chi connectivity index (χ0) is 27.4. The molecule has 1 aliphatic heterocycles. The minimum atomic E-state index is -0.626. The standard InChI is InChI=1S/C33H29NO5/c1-22-12-13-25(18-23(22)2)30(35)21-38-33(37)26-19-32(36)34(20-26)27-14-16-28(17-15-27)39-31-11-7-6-10-29(31)24-8-4-3-5-9-24/h3-18,26H,19-21H2,1-2H3/t26-/m0/s1. The second kappa shape index (κ2) is 11.4. The lowest BCUT2D eigenvalue weighted by Crippen LogP contribution is -2.27. The van der Waals surface area contributed by atoms with Crippen molar-refractivity contribution in [2.45, 2.75) is 20.3 Å². The Bertz CT molecular complexity index is 1510. The van der Waals surface area contributed by atoms with Crippen LogP contribution >= 0.6 is 0 Å². The molecule has 6 heteroatoms. The SMILES string of the molecule is Cc1ccc(C(=O)COC(=O)[C@H]2CC(=O)N(c3ccc(Oc4ccccc4-c4ccccc4)cc3)C2)cc1C. The number of aryl methyl sites for hydroxylation is 2. The smallest absolute Gasteiger partial charge is 0.311 e. The number of Topliss-reactive ketones (excluding diaryl/α,β-unsaturated/α-hetero) is 1. The second-order valence-corrected chi connectivity index (χ2v) is 9.69. The van der Waals surface area contributed by atoms with Crippen LogP contribution in [0.2, 0.25) is 0 Å². The van der Waals surface area contributed by atoms with Gasteiger partial charge in [-0.15, -0.1) is 0 Å². The van der Waals surface area contributed by atoms with E-state index in [1.807, 2.05) is 74.5 Å². The highest BCUT2D eigenvalue weighted by atomic mass is 16.5. The van der Waals surface area contributed by atoms with E-state index < -0.39 is 11.9 Å². The van der Waals surface area contributed by atoms with Crippen LogP contribution in [0.15, 0.2) is 97.1 Å². The van der Waals surface area contributed by atoms with Crippen LogP contribution in [-0.2, 0) is 14.3 Å². The van der Waals surface area contributed by atoms with Crippen molar-refractivity contribution in [3.05, 3.63) is 114 Å². The van der Waals surface area contributed by atoms with Crippen LogP contribution in [0.1, 0.15) is 27.9 Å². The summed E-state index contributed by atoms with van der Waals surface area (Å²) in [5.41, 5.74) is 5.30. The van der Waals surface area contributed by atoms with Gasteiger partial charge in [-0.3, -0.25) is 14.4 Å². The molecule has 1 heterocycles. The first-order chi connectivity index (χ1) is 18.9. The van der Waals surface area contributed by atoms with Gasteiger partial charge in [0.15, 0.2) is 12.4 Å². The molecule has 0 spiro atoms. The van der Waals surface area contributed by atoms with Gasteiger partial charge in [-0.25, -0.2) is 0 Å². The number of nitrogens with zero attached hydrogens (tertiary/aromatic N) is 1. The van der Waals surface area contributed by atoms with E-state index in [-0.39, 0.29) is 31.3 Å². The molecular formula is C33H29NO5. The van der Waals surface area contributed by atoms with Crippen molar-refractivity contribution in [1.82, 2.24) is 0 Å². The number of benzene rings is 4. The number of esters is 1. The van der Waals surface area contributed by atoms with Crippen molar-refractivity contribution in [1.29, 1.82) is 0 Å². The number of carbonyl (C=O) groups is 3. The summed E-state index contributed by atoms with van der Waals surface area (Å²) in [6, 6.07) is 30.4. The summed E-state index contributed by atoms with van der Waals surface area (Å²) in [6.07, 6.45) is 0.0410. The predicted octanol–water partition coefficient (Wildman–Crippen LogP) is 6.54. The minimum Gasteiger partial charge on any atom is -0.457 e. The summed E-state index contributed by atoms with van der Waals surface area (Å²) in [6.45, 7) is 3.76. The lowest BCUT2D eigenvalue weighted by Gasteiger charge is -2.17. The van der Waals surface area contributed by atoms with Gasteiger partial charge in [0.2, 0.25) is 5.91 Å². The minimum absolute atomic E-state index is 0.0410. The van der Waals surface area contributed by atoms with Gasteiger partial charge in [-0.05, 0) is 66.9 Å². The van der Waals surface area contributed by atoms with E-state index >= 15 is 0 Å². The van der Waals surface area contributed by atoms with Crippen molar-refractivity contribution in [3.63, 3.8) is 0 Å². The van der Waals surface area contributed by atoms with E-state index in [2.05, 4.69) is 0 Å². The van der Waals surface area contributed by atoms with Crippen molar-refractivity contribution >= 4 is 23.3 Å². The van der Waals surface area contributed by atoms with Gasteiger partial charge < -0.3 is 14.4 Å². The molecule has 0 radical (unpaired) electrons. The topological polar surface area (TPSA) is 72.9 Å². The Labute approximate surface area is 227 Å². The Morgan fingerprint density at radius 1 is 0.846 bits per heavy atom. The molecule has 4 aromatic rings. The fraction of sp³-hybridized carbons (Fsp3) is 0.182. The molecular weight excluding hydrogens is 490 g/mol. The Hall–Kier alpha value is -4.71. The molecule has 0 N–H and O–H groups in total. The summed E-state index contributed by atoms with van der Waals surface area (Å²) in [5, 5.41) is 0. The summed E-state index contributed by atoms with van der Waals surface area (Å²) in [5.74, 6) is -0.238. The number of anilines is 1. The third kappa shape index (κ3) is 5.91. The molecule has 0 aliphatic carbocycles. The molecule has 6 nitrogen and oxygen atoms in total. The summed E-state index contributed by atoms with van der Waals surface area (Å²) in [7, 11) is 0. The maximum absolute atomic E-state index is 12.7. The fourth-order valence-corrected chi connectivity index (χ4v) is 4.60. The highest BCUT2D eigenvalue weighted by Crippen LogP contribution is 2.34. The average molecular weight is 520 g/mol. The zero-order valence-electron chi connectivity index (χ0n) is 21.9. The average Bonchev–Trinajstić information content (AvgIpc) is 3.35. The largest absolute Gasteiger partial charge is 0.457 e. The first kappa shape index (κ1) is 25.9. The van der Waals surface area contributed by atoms with Gasteiger partial charge in [0.1, 0.15) is 11.5 Å².